The summed E-state index contributed by atoms with van der Waals surface area (Å²) < 4.78 is 5.30. The molecular weight excluding hydrogens is 264 g/mol. The van der Waals surface area contributed by atoms with Gasteiger partial charge in [0, 0.05) is 19.0 Å². The fourth-order valence-corrected chi connectivity index (χ4v) is 2.89. The summed E-state index contributed by atoms with van der Waals surface area (Å²) in [5.74, 6) is 1.59. The molecule has 1 saturated heterocycles. The Hall–Kier alpha value is -1.55. The molecule has 4 heteroatoms. The van der Waals surface area contributed by atoms with E-state index in [1.807, 2.05) is 29.2 Å². The lowest BCUT2D eigenvalue weighted by Gasteiger charge is -2.40. The zero-order valence-corrected chi connectivity index (χ0v) is 13.2. The molecule has 1 amide bonds. The van der Waals surface area contributed by atoms with Crippen molar-refractivity contribution >= 4 is 5.91 Å². The van der Waals surface area contributed by atoms with E-state index in [1.54, 1.807) is 7.11 Å². The molecule has 1 heterocycles. The number of likely N-dealkylation sites (tertiary alicyclic amines) is 1. The average molecular weight is 290 g/mol. The first-order valence-corrected chi connectivity index (χ1v) is 7.72. The van der Waals surface area contributed by atoms with Crippen LogP contribution in [0, 0.1) is 5.92 Å². The van der Waals surface area contributed by atoms with Gasteiger partial charge in [0.15, 0.2) is 0 Å². The van der Waals surface area contributed by atoms with Gasteiger partial charge in [-0.1, -0.05) is 26.0 Å². The summed E-state index contributed by atoms with van der Waals surface area (Å²) >= 11 is 0. The van der Waals surface area contributed by atoms with E-state index in [1.165, 1.54) is 0 Å². The van der Waals surface area contributed by atoms with Gasteiger partial charge in [0.25, 0.3) is 0 Å². The standard InChI is InChI=1S/C17H26N2O2/c1-12(2)9-10-19-16(20)8-7-15(18)17(19)13-5-4-6-14(11-13)21-3/h4-6,11-12,15,17H,7-10,18H2,1-3H3. The molecule has 116 valence electrons. The molecule has 0 bridgehead atoms. The fraction of sp³-hybridized carbons (Fsp3) is 0.588. The van der Waals surface area contributed by atoms with Gasteiger partial charge in [-0.05, 0) is 36.5 Å². The van der Waals surface area contributed by atoms with Crippen LogP contribution in [0.4, 0.5) is 0 Å². The highest BCUT2D eigenvalue weighted by atomic mass is 16.5. The van der Waals surface area contributed by atoms with Gasteiger partial charge in [-0.25, -0.2) is 0 Å². The van der Waals surface area contributed by atoms with Gasteiger partial charge in [0.1, 0.15) is 5.75 Å². The maximum atomic E-state index is 12.3. The molecule has 0 saturated carbocycles. The molecule has 1 aromatic carbocycles. The first kappa shape index (κ1) is 15.8. The number of nitrogens with zero attached hydrogens (tertiary/aromatic N) is 1. The quantitative estimate of drug-likeness (QED) is 0.907. The number of ether oxygens (including phenoxy) is 1. The van der Waals surface area contributed by atoms with Crippen molar-refractivity contribution in [1.82, 2.24) is 4.90 Å². The SMILES string of the molecule is COc1cccc(C2C(N)CCC(=O)N2CCC(C)C)c1. The first-order valence-electron chi connectivity index (χ1n) is 7.72. The topological polar surface area (TPSA) is 55.6 Å². The predicted octanol–water partition coefficient (Wildman–Crippen LogP) is 2.73. The van der Waals surface area contributed by atoms with Crippen molar-refractivity contribution in [2.24, 2.45) is 11.7 Å². The number of benzene rings is 1. The summed E-state index contributed by atoms with van der Waals surface area (Å²) in [6.45, 7) is 5.12. The van der Waals surface area contributed by atoms with Gasteiger partial charge in [-0.3, -0.25) is 4.79 Å². The maximum Gasteiger partial charge on any atom is 0.223 e. The molecule has 2 atom stereocenters. The molecule has 2 N–H and O–H groups in total. The number of hydrogen-bond donors (Lipinski definition) is 1. The monoisotopic (exact) mass is 290 g/mol. The molecule has 0 spiro atoms. The van der Waals surface area contributed by atoms with Crippen molar-refractivity contribution in [3.63, 3.8) is 0 Å². The summed E-state index contributed by atoms with van der Waals surface area (Å²) in [6, 6.07) is 7.85. The highest BCUT2D eigenvalue weighted by Gasteiger charge is 2.34. The smallest absolute Gasteiger partial charge is 0.223 e. The number of methoxy groups -OCH3 is 1. The van der Waals surface area contributed by atoms with E-state index >= 15 is 0 Å². The Morgan fingerprint density at radius 2 is 2.19 bits per heavy atom. The molecule has 21 heavy (non-hydrogen) atoms. The molecule has 0 radical (unpaired) electrons. The Balaban J connectivity index is 2.27. The molecule has 1 aliphatic heterocycles. The molecule has 4 nitrogen and oxygen atoms in total. The molecule has 1 aromatic rings. The number of carbonyl (C=O) groups is 1. The van der Waals surface area contributed by atoms with Crippen molar-refractivity contribution in [3.8, 4) is 5.75 Å². The van der Waals surface area contributed by atoms with Gasteiger partial charge in [-0.15, -0.1) is 0 Å². The third-order valence-electron chi connectivity index (χ3n) is 4.14. The van der Waals surface area contributed by atoms with E-state index in [0.29, 0.717) is 12.3 Å². The number of hydrogen-bond acceptors (Lipinski definition) is 3. The third-order valence-corrected chi connectivity index (χ3v) is 4.14. The van der Waals surface area contributed by atoms with Crippen LogP contribution in [0.5, 0.6) is 5.75 Å². The second-order valence-corrected chi connectivity index (χ2v) is 6.19. The van der Waals surface area contributed by atoms with Crippen LogP contribution < -0.4 is 10.5 Å². The van der Waals surface area contributed by atoms with Gasteiger partial charge < -0.3 is 15.4 Å². The summed E-state index contributed by atoms with van der Waals surface area (Å²) in [5.41, 5.74) is 7.40. The Bertz CT molecular complexity index is 487. The zero-order valence-electron chi connectivity index (χ0n) is 13.2. The van der Waals surface area contributed by atoms with Crippen molar-refractivity contribution in [2.75, 3.05) is 13.7 Å². The van der Waals surface area contributed by atoms with Crippen molar-refractivity contribution in [1.29, 1.82) is 0 Å². The van der Waals surface area contributed by atoms with Crippen molar-refractivity contribution in [3.05, 3.63) is 29.8 Å². The normalized spacial score (nSPS) is 22.7. The number of carbonyl (C=O) groups excluding carboxylic acids is 1. The van der Waals surface area contributed by atoms with Crippen LogP contribution in [0.25, 0.3) is 0 Å². The zero-order chi connectivity index (χ0) is 15.4. The number of rotatable bonds is 5. The minimum absolute atomic E-state index is 0.0121. The molecule has 2 rings (SSSR count). The Morgan fingerprint density at radius 1 is 1.43 bits per heavy atom. The lowest BCUT2D eigenvalue weighted by Crippen LogP contribution is -2.49. The van der Waals surface area contributed by atoms with E-state index < -0.39 is 0 Å². The molecule has 1 fully saturated rings. The highest BCUT2D eigenvalue weighted by molar-refractivity contribution is 5.78. The molecule has 0 aliphatic carbocycles. The van der Waals surface area contributed by atoms with Gasteiger partial charge >= 0.3 is 0 Å². The third kappa shape index (κ3) is 3.76. The average Bonchev–Trinajstić information content (AvgIpc) is 2.47. The summed E-state index contributed by atoms with van der Waals surface area (Å²) in [4.78, 5) is 14.3. The molecule has 1 aliphatic rings. The second-order valence-electron chi connectivity index (χ2n) is 6.19. The lowest BCUT2D eigenvalue weighted by molar-refractivity contribution is -0.137. The number of amides is 1. The Kier molecular flexibility index (Phi) is 5.23. The Labute approximate surface area is 127 Å². The predicted molar refractivity (Wildman–Crippen MR) is 84.1 cm³/mol. The van der Waals surface area contributed by atoms with Gasteiger partial charge in [-0.2, -0.15) is 0 Å². The van der Waals surface area contributed by atoms with Crippen LogP contribution in [0.2, 0.25) is 0 Å². The maximum absolute atomic E-state index is 12.3. The van der Waals surface area contributed by atoms with E-state index in [9.17, 15) is 4.79 Å². The van der Waals surface area contributed by atoms with Crippen LogP contribution in [0.1, 0.15) is 44.7 Å². The van der Waals surface area contributed by atoms with E-state index in [-0.39, 0.29) is 18.0 Å². The van der Waals surface area contributed by atoms with Crippen molar-refractivity contribution in [2.45, 2.75) is 45.2 Å². The summed E-state index contributed by atoms with van der Waals surface area (Å²) in [5, 5.41) is 0. The van der Waals surface area contributed by atoms with Crippen LogP contribution in [-0.2, 0) is 4.79 Å². The largest absolute Gasteiger partial charge is 0.497 e. The van der Waals surface area contributed by atoms with Gasteiger partial charge in [0.2, 0.25) is 5.91 Å². The minimum atomic E-state index is -0.0416. The van der Waals surface area contributed by atoms with Crippen molar-refractivity contribution < 1.29 is 9.53 Å². The Morgan fingerprint density at radius 3 is 2.86 bits per heavy atom. The van der Waals surface area contributed by atoms with Crippen LogP contribution >= 0.6 is 0 Å². The van der Waals surface area contributed by atoms with Gasteiger partial charge in [0.05, 0.1) is 13.2 Å². The lowest BCUT2D eigenvalue weighted by atomic mass is 9.90. The fourth-order valence-electron chi connectivity index (χ4n) is 2.89. The van der Waals surface area contributed by atoms with E-state index in [0.717, 1.165) is 30.7 Å². The number of nitrogens with two attached hydrogens (primary N) is 1. The summed E-state index contributed by atoms with van der Waals surface area (Å²) in [7, 11) is 1.65. The molecule has 2 unspecified atom stereocenters. The molecule has 0 aromatic heterocycles. The second kappa shape index (κ2) is 6.94. The van der Waals surface area contributed by atoms with Crippen LogP contribution in [0.15, 0.2) is 24.3 Å². The minimum Gasteiger partial charge on any atom is -0.497 e. The van der Waals surface area contributed by atoms with E-state index in [2.05, 4.69) is 13.8 Å². The van der Waals surface area contributed by atoms with Crippen LogP contribution in [0.3, 0.4) is 0 Å². The summed E-state index contributed by atoms with van der Waals surface area (Å²) in [6.07, 6.45) is 2.30. The number of piperidine rings is 1. The van der Waals surface area contributed by atoms with E-state index in [4.69, 9.17) is 10.5 Å². The van der Waals surface area contributed by atoms with Crippen LogP contribution in [-0.4, -0.2) is 30.5 Å². The first-order chi connectivity index (χ1) is 10.0. The molecular formula is C17H26N2O2. The highest BCUT2D eigenvalue weighted by Crippen LogP contribution is 2.33.